The molecular weight excluding hydrogens is 395 g/mol. The molecule has 0 N–H and O–H groups in total. The molecule has 0 saturated heterocycles. The Kier molecular flexibility index (Phi) is 11.6. The fourth-order valence-electron chi connectivity index (χ4n) is 3.06. The smallest absolute Gasteiger partial charge is 0.219 e. The first-order valence-corrected chi connectivity index (χ1v) is 10.8. The predicted octanol–water partition coefficient (Wildman–Crippen LogP) is 6.18. The molecule has 2 heterocycles. The van der Waals surface area contributed by atoms with Crippen molar-refractivity contribution >= 4 is 0 Å². The quantitative estimate of drug-likeness (QED) is 0.557. The van der Waals surface area contributed by atoms with Crippen molar-refractivity contribution in [2.75, 3.05) is 14.2 Å². The normalized spacial score (nSPS) is 11.2. The summed E-state index contributed by atoms with van der Waals surface area (Å²) in [6.45, 7) is 19.6. The van der Waals surface area contributed by atoms with Crippen LogP contribution in [-0.4, -0.2) is 34.2 Å². The molecular formula is C24H41FN4O2. The van der Waals surface area contributed by atoms with Crippen LogP contribution in [0.25, 0.3) is 0 Å². The van der Waals surface area contributed by atoms with Crippen molar-refractivity contribution in [3.8, 4) is 11.8 Å². The number of nitrogens with zero attached hydrogens (tertiary/aromatic N) is 4. The molecule has 2 rings (SSSR count). The molecule has 0 aliphatic carbocycles. The number of methoxy groups -OCH3 is 2. The Morgan fingerprint density at radius 3 is 1.65 bits per heavy atom. The van der Waals surface area contributed by atoms with Crippen LogP contribution in [0, 0.1) is 0 Å². The van der Waals surface area contributed by atoms with E-state index in [1.165, 1.54) is 27.3 Å². The van der Waals surface area contributed by atoms with Gasteiger partial charge >= 0.3 is 0 Å². The molecule has 0 atom stereocenters. The molecule has 176 valence electrons. The van der Waals surface area contributed by atoms with Gasteiger partial charge in [0.1, 0.15) is 18.3 Å². The summed E-state index contributed by atoms with van der Waals surface area (Å²) < 4.78 is 24.1. The maximum Gasteiger partial charge on any atom is 0.219 e. The molecule has 2 aromatic heterocycles. The Morgan fingerprint density at radius 1 is 0.839 bits per heavy atom. The first-order chi connectivity index (χ1) is 14.4. The summed E-state index contributed by atoms with van der Waals surface area (Å²) in [4.78, 5) is 16.5. The summed E-state index contributed by atoms with van der Waals surface area (Å²) in [7, 11) is 3.18. The van der Waals surface area contributed by atoms with Crippen LogP contribution in [-0.2, 0) is 17.5 Å². The molecule has 0 bridgehead atoms. The topological polar surface area (TPSA) is 70.0 Å². The van der Waals surface area contributed by atoms with E-state index in [2.05, 4.69) is 54.6 Å². The minimum Gasteiger partial charge on any atom is -0.481 e. The van der Waals surface area contributed by atoms with Crippen LogP contribution in [0.4, 0.5) is 4.39 Å². The number of ether oxygens (including phenoxy) is 2. The van der Waals surface area contributed by atoms with Gasteiger partial charge in [0.05, 0.1) is 25.6 Å². The maximum atomic E-state index is 13.7. The number of aromatic nitrogens is 4. The third-order valence-corrected chi connectivity index (χ3v) is 4.34. The standard InChI is InChI=1S/C12H20N2O.C10H15FN2O.C2H6/c1-8(2)9-10(12(3,4)5)13-7-14-11(9)15-6;1-5-7-8(10(2,3)11)12-6-13-9(7)14-4;1-2/h7-8H,1-6H3;6H,5H2,1-4H3;1-2H3. The Morgan fingerprint density at radius 2 is 1.29 bits per heavy atom. The van der Waals surface area contributed by atoms with Gasteiger partial charge in [0, 0.05) is 16.5 Å². The zero-order valence-electron chi connectivity index (χ0n) is 21.4. The minimum atomic E-state index is -1.46. The second-order valence-electron chi connectivity index (χ2n) is 8.59. The van der Waals surface area contributed by atoms with Gasteiger partial charge in [-0.15, -0.1) is 0 Å². The van der Waals surface area contributed by atoms with Crippen molar-refractivity contribution in [1.29, 1.82) is 0 Å². The molecule has 6 nitrogen and oxygen atoms in total. The highest BCUT2D eigenvalue weighted by molar-refractivity contribution is 5.36. The molecule has 0 fully saturated rings. The zero-order chi connectivity index (χ0) is 24.4. The molecule has 0 unspecified atom stereocenters. The van der Waals surface area contributed by atoms with Gasteiger partial charge in [0.25, 0.3) is 0 Å². The number of halogens is 1. The Balaban J connectivity index is 0.000000539. The van der Waals surface area contributed by atoms with Crippen molar-refractivity contribution in [2.45, 2.75) is 92.7 Å². The average molecular weight is 437 g/mol. The van der Waals surface area contributed by atoms with Gasteiger partial charge in [0.15, 0.2) is 0 Å². The fraction of sp³-hybridized carbons (Fsp3) is 0.667. The summed E-state index contributed by atoms with van der Waals surface area (Å²) in [5, 5.41) is 0. The van der Waals surface area contributed by atoms with E-state index in [-0.39, 0.29) is 5.41 Å². The second kappa shape index (κ2) is 12.5. The van der Waals surface area contributed by atoms with Gasteiger partial charge in [-0.1, -0.05) is 55.4 Å². The largest absolute Gasteiger partial charge is 0.481 e. The highest BCUT2D eigenvalue weighted by Crippen LogP contribution is 2.33. The molecule has 2 aromatic rings. The number of alkyl halides is 1. The molecule has 0 aliphatic rings. The highest BCUT2D eigenvalue weighted by Gasteiger charge is 2.26. The van der Waals surface area contributed by atoms with Crippen LogP contribution in [0.1, 0.15) is 97.7 Å². The Bertz CT molecular complexity index is 797. The summed E-state index contributed by atoms with van der Waals surface area (Å²) in [6.07, 6.45) is 3.56. The average Bonchev–Trinajstić information content (AvgIpc) is 2.72. The van der Waals surface area contributed by atoms with Gasteiger partial charge in [0.2, 0.25) is 11.8 Å². The van der Waals surface area contributed by atoms with Crippen molar-refractivity contribution in [3.05, 3.63) is 35.2 Å². The van der Waals surface area contributed by atoms with Gasteiger partial charge in [-0.25, -0.2) is 24.3 Å². The third kappa shape index (κ3) is 8.04. The summed E-state index contributed by atoms with van der Waals surface area (Å²) in [6, 6.07) is 0. The molecule has 0 aliphatic heterocycles. The summed E-state index contributed by atoms with van der Waals surface area (Å²) >= 11 is 0. The van der Waals surface area contributed by atoms with E-state index >= 15 is 0 Å². The van der Waals surface area contributed by atoms with Crippen LogP contribution < -0.4 is 9.47 Å². The molecule has 7 heteroatoms. The van der Waals surface area contributed by atoms with Crippen LogP contribution >= 0.6 is 0 Å². The number of rotatable bonds is 5. The minimum absolute atomic E-state index is 0.0236. The van der Waals surface area contributed by atoms with Gasteiger partial charge in [-0.2, -0.15) is 0 Å². The van der Waals surface area contributed by atoms with Gasteiger partial charge in [-0.3, -0.25) is 0 Å². The predicted molar refractivity (Wildman–Crippen MR) is 125 cm³/mol. The van der Waals surface area contributed by atoms with E-state index < -0.39 is 5.67 Å². The lowest BCUT2D eigenvalue weighted by atomic mass is 9.85. The van der Waals surface area contributed by atoms with Crippen LogP contribution in [0.15, 0.2) is 12.7 Å². The van der Waals surface area contributed by atoms with Crippen molar-refractivity contribution < 1.29 is 13.9 Å². The van der Waals surface area contributed by atoms with E-state index in [9.17, 15) is 4.39 Å². The lowest BCUT2D eigenvalue weighted by Crippen LogP contribution is -2.18. The summed E-state index contributed by atoms with van der Waals surface area (Å²) in [5.74, 6) is 1.53. The maximum absolute atomic E-state index is 13.7. The molecule has 0 saturated carbocycles. The van der Waals surface area contributed by atoms with Gasteiger partial charge in [-0.05, 0) is 26.2 Å². The number of hydrogen-bond donors (Lipinski definition) is 0. The molecule has 31 heavy (non-hydrogen) atoms. The van der Waals surface area contributed by atoms with Crippen molar-refractivity contribution in [3.63, 3.8) is 0 Å². The highest BCUT2D eigenvalue weighted by atomic mass is 19.1. The van der Waals surface area contributed by atoms with E-state index in [4.69, 9.17) is 9.47 Å². The summed E-state index contributed by atoms with van der Waals surface area (Å²) in [5.41, 5.74) is 1.91. The first kappa shape index (κ1) is 28.7. The lowest BCUT2D eigenvalue weighted by molar-refractivity contribution is 0.210. The Labute approximate surface area is 188 Å². The van der Waals surface area contributed by atoms with E-state index in [0.29, 0.717) is 29.8 Å². The van der Waals surface area contributed by atoms with E-state index in [1.54, 1.807) is 13.4 Å². The van der Waals surface area contributed by atoms with Gasteiger partial charge < -0.3 is 9.47 Å². The van der Waals surface area contributed by atoms with Crippen LogP contribution in [0.2, 0.25) is 0 Å². The van der Waals surface area contributed by atoms with E-state index in [1.807, 2.05) is 20.8 Å². The van der Waals surface area contributed by atoms with Crippen LogP contribution in [0.5, 0.6) is 11.8 Å². The Hall–Kier alpha value is -2.31. The van der Waals surface area contributed by atoms with Crippen LogP contribution in [0.3, 0.4) is 0 Å². The first-order valence-electron chi connectivity index (χ1n) is 10.8. The molecule has 0 radical (unpaired) electrons. The second-order valence-corrected chi connectivity index (χ2v) is 8.59. The van der Waals surface area contributed by atoms with Crippen molar-refractivity contribution in [2.24, 2.45) is 0 Å². The van der Waals surface area contributed by atoms with Crippen molar-refractivity contribution in [1.82, 2.24) is 19.9 Å². The SMILES string of the molecule is CC.CCc1c(OC)ncnc1C(C)(C)F.COc1ncnc(C(C)(C)C)c1C(C)C. The molecule has 0 amide bonds. The molecule has 0 aromatic carbocycles. The monoisotopic (exact) mass is 436 g/mol. The number of hydrogen-bond acceptors (Lipinski definition) is 6. The third-order valence-electron chi connectivity index (χ3n) is 4.34. The van der Waals surface area contributed by atoms with E-state index in [0.717, 1.165) is 16.8 Å². The lowest BCUT2D eigenvalue weighted by Gasteiger charge is -2.23. The zero-order valence-corrected chi connectivity index (χ0v) is 21.4. The molecule has 0 spiro atoms. The fourth-order valence-corrected chi connectivity index (χ4v) is 3.06.